The van der Waals surface area contributed by atoms with Gasteiger partial charge in [-0.15, -0.1) is 0 Å². The number of benzene rings is 2. The number of esters is 1. The average Bonchev–Trinajstić information content (AvgIpc) is 2.78. The van der Waals surface area contributed by atoms with E-state index in [9.17, 15) is 24.5 Å². The van der Waals surface area contributed by atoms with Crippen LogP contribution in [0.1, 0.15) is 11.6 Å². The molecule has 0 aliphatic rings. The monoisotopic (exact) mass is 492 g/mol. The highest BCUT2D eigenvalue weighted by molar-refractivity contribution is 6.48. The molecule has 2 aromatic carbocycles. The van der Waals surface area contributed by atoms with E-state index in [1.165, 1.54) is 24.3 Å². The van der Waals surface area contributed by atoms with Gasteiger partial charge in [0.2, 0.25) is 0 Å². The van der Waals surface area contributed by atoms with E-state index in [1.807, 2.05) is 0 Å². The Hall–Kier alpha value is -4.03. The number of nitro benzene ring substituents is 1. The van der Waals surface area contributed by atoms with Crippen LogP contribution in [0.2, 0.25) is 10.0 Å². The molecule has 1 atom stereocenters. The summed E-state index contributed by atoms with van der Waals surface area (Å²) in [4.78, 5) is 55.0. The smallest absolute Gasteiger partial charge is 0.321 e. The zero-order chi connectivity index (χ0) is 24.3. The molecule has 0 radical (unpaired) electrons. The molecule has 0 fully saturated rings. The number of hydrazone groups is 1. The molecule has 0 aliphatic heterocycles. The van der Waals surface area contributed by atoms with Crippen LogP contribution in [0.3, 0.4) is 0 Å². The molecular weight excluding hydrogens is 479 g/mol. The number of fused-ring (bicyclic) bond motifs is 1. The number of nitrogens with two attached hydrogens (primary N) is 1. The van der Waals surface area contributed by atoms with Crippen molar-refractivity contribution in [3.05, 3.63) is 72.6 Å². The van der Waals surface area contributed by atoms with Crippen molar-refractivity contribution in [2.75, 3.05) is 12.4 Å². The first-order valence-electron chi connectivity index (χ1n) is 8.96. The number of ether oxygens (including phenoxy) is 1. The number of nitrogens with one attached hydrogen (secondary N) is 2. The third-order valence-corrected chi connectivity index (χ3v) is 5.01. The summed E-state index contributed by atoms with van der Waals surface area (Å²) in [7, 11) is 1.04. The van der Waals surface area contributed by atoms with Crippen LogP contribution in [0, 0.1) is 10.1 Å². The minimum Gasteiger partial charge on any atom is -0.468 e. The number of aromatic nitrogens is 2. The predicted molar refractivity (Wildman–Crippen MR) is 120 cm³/mol. The number of carbonyl (C=O) groups excluding carboxylic acids is 2. The quantitative estimate of drug-likeness (QED) is 0.154. The van der Waals surface area contributed by atoms with Crippen LogP contribution in [0.4, 0.5) is 11.4 Å². The Morgan fingerprint density at radius 2 is 2.00 bits per heavy atom. The Morgan fingerprint density at radius 3 is 2.64 bits per heavy atom. The van der Waals surface area contributed by atoms with Gasteiger partial charge in [0.25, 0.3) is 17.2 Å². The number of methoxy groups -OCH3 is 1. The summed E-state index contributed by atoms with van der Waals surface area (Å²) < 4.78 is 4.73. The molecule has 0 saturated carbocycles. The lowest BCUT2D eigenvalue weighted by Crippen LogP contribution is -2.38. The number of hydrogen-bond donors (Lipinski definition) is 3. The Labute approximate surface area is 194 Å². The van der Waals surface area contributed by atoms with Gasteiger partial charge in [-0.1, -0.05) is 23.2 Å². The highest BCUT2D eigenvalue weighted by Gasteiger charge is 2.36. The van der Waals surface area contributed by atoms with E-state index in [-0.39, 0.29) is 32.5 Å². The molecule has 12 nitrogen and oxygen atoms in total. The molecule has 0 aliphatic carbocycles. The van der Waals surface area contributed by atoms with Crippen molar-refractivity contribution in [3.8, 4) is 0 Å². The molecule has 4 N–H and O–H groups in total. The molecule has 0 bridgehead atoms. The van der Waals surface area contributed by atoms with Crippen molar-refractivity contribution in [3.63, 3.8) is 0 Å². The molecule has 14 heteroatoms. The normalized spacial score (nSPS) is 12.3. The van der Waals surface area contributed by atoms with Gasteiger partial charge in [-0.2, -0.15) is 5.10 Å². The molecule has 3 rings (SSSR count). The Bertz CT molecular complexity index is 1370. The highest BCUT2D eigenvalue weighted by Crippen LogP contribution is 2.26. The van der Waals surface area contributed by atoms with Gasteiger partial charge in [0.05, 0.1) is 33.8 Å². The number of carbonyl (C=O) groups is 2. The van der Waals surface area contributed by atoms with Gasteiger partial charge in [0, 0.05) is 17.2 Å². The zero-order valence-electron chi connectivity index (χ0n) is 16.7. The van der Waals surface area contributed by atoms with E-state index in [4.69, 9.17) is 33.8 Å². The van der Waals surface area contributed by atoms with Crippen molar-refractivity contribution in [1.29, 1.82) is 0 Å². The summed E-state index contributed by atoms with van der Waals surface area (Å²) >= 11 is 12.0. The number of anilines is 1. The number of aromatic amines is 1. The largest absolute Gasteiger partial charge is 0.468 e. The molecule has 3 aromatic rings. The SMILES string of the molecule is COC(=O)C(/C(=N/N)C(=O)Nc1cc(Cl)ccc1Cl)c1nc2ccc([N+](=O)[O-])cc2[nH]c1=O. The van der Waals surface area contributed by atoms with Crippen molar-refractivity contribution < 1.29 is 19.2 Å². The summed E-state index contributed by atoms with van der Waals surface area (Å²) in [5, 5.41) is 17.2. The summed E-state index contributed by atoms with van der Waals surface area (Å²) in [6.07, 6.45) is 0. The molecule has 0 saturated heterocycles. The maximum absolute atomic E-state index is 12.9. The molecular formula is C19H14Cl2N6O6. The van der Waals surface area contributed by atoms with E-state index >= 15 is 0 Å². The third kappa shape index (κ3) is 4.91. The van der Waals surface area contributed by atoms with E-state index in [1.54, 1.807) is 0 Å². The number of H-pyrrole nitrogens is 1. The second-order valence-corrected chi connectivity index (χ2v) is 7.30. The number of nitrogens with zero attached hydrogens (tertiary/aromatic N) is 3. The van der Waals surface area contributed by atoms with Crippen LogP contribution < -0.4 is 16.7 Å². The first-order chi connectivity index (χ1) is 15.7. The maximum atomic E-state index is 12.9. The van der Waals surface area contributed by atoms with Gasteiger partial charge in [-0.3, -0.25) is 24.5 Å². The van der Waals surface area contributed by atoms with Crippen LogP contribution in [0.25, 0.3) is 11.0 Å². The summed E-state index contributed by atoms with van der Waals surface area (Å²) in [6.45, 7) is 0. The van der Waals surface area contributed by atoms with Crippen molar-refractivity contribution >= 4 is 63.2 Å². The van der Waals surface area contributed by atoms with E-state index in [2.05, 4.69) is 20.4 Å². The molecule has 1 unspecified atom stereocenters. The lowest BCUT2D eigenvalue weighted by molar-refractivity contribution is -0.384. The number of hydrogen-bond acceptors (Lipinski definition) is 9. The van der Waals surface area contributed by atoms with Gasteiger partial charge in [-0.25, -0.2) is 4.98 Å². The first-order valence-corrected chi connectivity index (χ1v) is 9.72. The van der Waals surface area contributed by atoms with Gasteiger partial charge in [0.15, 0.2) is 5.92 Å². The number of rotatable bonds is 6. The standard InChI is InChI=1S/C19H14Cl2N6O6/c1-33-19(30)14(16(26-22)18(29)24-12-6-8(20)2-4-10(12)21)15-17(28)25-13-7-9(27(31)32)3-5-11(13)23-15/h2-7,14H,22H2,1H3,(H,24,29)(H,25,28)/b26-16-. The van der Waals surface area contributed by atoms with E-state index < -0.39 is 39.7 Å². The Kier molecular flexibility index (Phi) is 6.89. The molecule has 1 aromatic heterocycles. The minimum absolute atomic E-state index is 0.0444. The summed E-state index contributed by atoms with van der Waals surface area (Å²) in [6, 6.07) is 7.83. The maximum Gasteiger partial charge on any atom is 0.321 e. The molecule has 1 amide bonds. The van der Waals surface area contributed by atoms with Gasteiger partial charge < -0.3 is 20.9 Å². The van der Waals surface area contributed by atoms with Gasteiger partial charge >= 0.3 is 5.97 Å². The highest BCUT2D eigenvalue weighted by atomic mass is 35.5. The lowest BCUT2D eigenvalue weighted by Gasteiger charge is -2.16. The minimum atomic E-state index is -1.72. The summed E-state index contributed by atoms with van der Waals surface area (Å²) in [5.74, 6) is 1.65. The van der Waals surface area contributed by atoms with E-state index in [0.717, 1.165) is 19.2 Å². The van der Waals surface area contributed by atoms with Crippen LogP contribution >= 0.6 is 23.2 Å². The number of non-ortho nitro benzene ring substituents is 1. The van der Waals surface area contributed by atoms with Crippen LogP contribution in [0.15, 0.2) is 46.3 Å². The molecule has 33 heavy (non-hydrogen) atoms. The number of halogens is 2. The first kappa shape index (κ1) is 23.6. The lowest BCUT2D eigenvalue weighted by atomic mass is 9.98. The van der Waals surface area contributed by atoms with Crippen LogP contribution in [0.5, 0.6) is 0 Å². The van der Waals surface area contributed by atoms with E-state index in [0.29, 0.717) is 0 Å². The predicted octanol–water partition coefficient (Wildman–Crippen LogP) is 2.35. The second kappa shape index (κ2) is 9.63. The Morgan fingerprint density at radius 1 is 1.27 bits per heavy atom. The number of amides is 1. The number of nitro groups is 1. The fourth-order valence-electron chi connectivity index (χ4n) is 2.91. The summed E-state index contributed by atoms with van der Waals surface area (Å²) in [5.41, 5.74) is -1.99. The zero-order valence-corrected chi connectivity index (χ0v) is 18.2. The average molecular weight is 493 g/mol. The fourth-order valence-corrected chi connectivity index (χ4v) is 3.25. The third-order valence-electron chi connectivity index (χ3n) is 4.44. The second-order valence-electron chi connectivity index (χ2n) is 6.46. The molecule has 1 heterocycles. The van der Waals surface area contributed by atoms with Crippen molar-refractivity contribution in [1.82, 2.24) is 9.97 Å². The Balaban J connectivity index is 2.09. The molecule has 170 valence electrons. The topological polar surface area (TPSA) is 183 Å². The van der Waals surface area contributed by atoms with Crippen molar-refractivity contribution in [2.24, 2.45) is 10.9 Å². The van der Waals surface area contributed by atoms with Gasteiger partial charge in [-0.05, 0) is 24.3 Å². The molecule has 0 spiro atoms. The van der Waals surface area contributed by atoms with Crippen molar-refractivity contribution in [2.45, 2.75) is 5.92 Å². The van der Waals surface area contributed by atoms with Gasteiger partial charge in [0.1, 0.15) is 11.4 Å². The van der Waals surface area contributed by atoms with Crippen LogP contribution in [-0.4, -0.2) is 39.6 Å². The van der Waals surface area contributed by atoms with Crippen LogP contribution in [-0.2, 0) is 14.3 Å². The fraction of sp³-hybridized carbons (Fsp3) is 0.105.